The van der Waals surface area contributed by atoms with Gasteiger partial charge in [0.15, 0.2) is 0 Å². The highest BCUT2D eigenvalue weighted by Crippen LogP contribution is 2.29. The molecule has 2 aromatic carbocycles. The Hall–Kier alpha value is -4.21. The van der Waals surface area contributed by atoms with Crippen LogP contribution < -0.4 is 15.4 Å². The molecular formula is C23H22N6O4. The van der Waals surface area contributed by atoms with Gasteiger partial charge in [0.25, 0.3) is 5.91 Å². The summed E-state index contributed by atoms with van der Waals surface area (Å²) in [5.74, 6) is -0.200. The van der Waals surface area contributed by atoms with Crippen LogP contribution in [0.4, 0.5) is 5.69 Å². The van der Waals surface area contributed by atoms with Crippen molar-refractivity contribution in [2.24, 2.45) is 0 Å². The number of carbonyl (C=O) groups excluding carboxylic acids is 3. The number of amides is 3. The lowest BCUT2D eigenvalue weighted by Crippen LogP contribution is -2.52. The van der Waals surface area contributed by atoms with Crippen LogP contribution in [0.5, 0.6) is 5.75 Å². The van der Waals surface area contributed by atoms with Crippen molar-refractivity contribution in [3.8, 4) is 11.4 Å². The number of hydrogen-bond acceptors (Lipinski definition) is 7. The van der Waals surface area contributed by atoms with E-state index in [0.717, 1.165) is 22.7 Å². The Morgan fingerprint density at radius 3 is 2.73 bits per heavy atom. The van der Waals surface area contributed by atoms with E-state index in [1.54, 1.807) is 23.0 Å². The van der Waals surface area contributed by atoms with Crippen molar-refractivity contribution in [1.29, 1.82) is 0 Å². The van der Waals surface area contributed by atoms with E-state index in [1.165, 1.54) is 4.90 Å². The maximum absolute atomic E-state index is 12.8. The van der Waals surface area contributed by atoms with Gasteiger partial charge in [-0.1, -0.05) is 5.21 Å². The number of nitrogens with one attached hydrogen (secondary N) is 2. The van der Waals surface area contributed by atoms with Crippen molar-refractivity contribution in [2.75, 3.05) is 12.4 Å². The molecule has 3 amide bonds. The van der Waals surface area contributed by atoms with Crippen LogP contribution in [-0.4, -0.2) is 50.7 Å². The molecule has 0 aliphatic carbocycles. The Bertz CT molecular complexity index is 1240. The third-order valence-corrected chi connectivity index (χ3v) is 5.84. The molecule has 0 saturated carbocycles. The van der Waals surface area contributed by atoms with Crippen LogP contribution >= 0.6 is 0 Å². The number of piperidine rings is 1. The van der Waals surface area contributed by atoms with Gasteiger partial charge in [0.05, 0.1) is 11.9 Å². The summed E-state index contributed by atoms with van der Waals surface area (Å²) in [4.78, 5) is 38.0. The Morgan fingerprint density at radius 1 is 1.15 bits per heavy atom. The van der Waals surface area contributed by atoms with E-state index in [4.69, 9.17) is 4.74 Å². The topological polar surface area (TPSA) is 118 Å². The van der Waals surface area contributed by atoms with Crippen molar-refractivity contribution in [3.05, 3.63) is 65.5 Å². The molecular weight excluding hydrogens is 424 g/mol. The second-order valence-corrected chi connectivity index (χ2v) is 7.96. The summed E-state index contributed by atoms with van der Waals surface area (Å²) in [6.45, 7) is 0.577. The number of carbonyl (C=O) groups is 3. The first-order chi connectivity index (χ1) is 16.0. The van der Waals surface area contributed by atoms with Gasteiger partial charge < -0.3 is 15.0 Å². The fourth-order valence-electron chi connectivity index (χ4n) is 4.07. The third-order valence-electron chi connectivity index (χ3n) is 5.84. The maximum Gasteiger partial charge on any atom is 0.255 e. The SMILES string of the molecule is CNc1ccc(OCc2cn(-c3ccc4c(c3)CN(C3CCC(=O)NC3=O)C4=O)nn2)cc1. The van der Waals surface area contributed by atoms with Gasteiger partial charge in [0.1, 0.15) is 24.1 Å². The van der Waals surface area contributed by atoms with Crippen molar-refractivity contribution >= 4 is 23.4 Å². The molecule has 1 saturated heterocycles. The monoisotopic (exact) mass is 446 g/mol. The number of ether oxygens (including phenoxy) is 1. The van der Waals surface area contributed by atoms with Gasteiger partial charge in [-0.05, 0) is 54.4 Å². The molecule has 2 aliphatic rings. The van der Waals surface area contributed by atoms with E-state index < -0.39 is 11.9 Å². The van der Waals surface area contributed by atoms with Crippen LogP contribution in [0.3, 0.4) is 0 Å². The summed E-state index contributed by atoms with van der Waals surface area (Å²) < 4.78 is 7.40. The standard InChI is InChI=1S/C23H22N6O4/c1-24-15-2-5-18(6-3-15)33-13-16-12-29(27-26-16)17-4-7-19-14(10-17)11-28(23(19)32)20-8-9-21(30)25-22(20)31/h2-7,10,12,20,24H,8-9,11,13H2,1H3,(H,25,30,31). The smallest absolute Gasteiger partial charge is 0.255 e. The largest absolute Gasteiger partial charge is 0.487 e. The molecule has 168 valence electrons. The van der Waals surface area contributed by atoms with E-state index in [2.05, 4.69) is 20.9 Å². The lowest BCUT2D eigenvalue weighted by atomic mass is 10.0. The van der Waals surface area contributed by atoms with Gasteiger partial charge in [-0.15, -0.1) is 5.10 Å². The molecule has 2 aliphatic heterocycles. The predicted molar refractivity (Wildman–Crippen MR) is 118 cm³/mol. The second kappa shape index (κ2) is 8.38. The fraction of sp³-hybridized carbons (Fsp3) is 0.261. The van der Waals surface area contributed by atoms with E-state index in [0.29, 0.717) is 24.2 Å². The third kappa shape index (κ3) is 4.02. The molecule has 0 spiro atoms. The van der Waals surface area contributed by atoms with Crippen molar-refractivity contribution in [3.63, 3.8) is 0 Å². The number of benzene rings is 2. The van der Waals surface area contributed by atoms with Crippen LogP contribution in [0.25, 0.3) is 5.69 Å². The first kappa shape index (κ1) is 20.7. The fourth-order valence-corrected chi connectivity index (χ4v) is 4.07. The zero-order chi connectivity index (χ0) is 22.9. The summed E-state index contributed by atoms with van der Waals surface area (Å²) in [5.41, 5.74) is 3.77. The minimum atomic E-state index is -0.636. The van der Waals surface area contributed by atoms with Crippen molar-refractivity contribution in [2.45, 2.75) is 32.0 Å². The number of nitrogens with zero attached hydrogens (tertiary/aromatic N) is 4. The molecule has 1 atom stereocenters. The Balaban J connectivity index is 1.28. The quantitative estimate of drug-likeness (QED) is 0.553. The van der Waals surface area contributed by atoms with Gasteiger partial charge >= 0.3 is 0 Å². The minimum Gasteiger partial charge on any atom is -0.487 e. The normalized spacial score (nSPS) is 17.7. The molecule has 1 fully saturated rings. The Labute approximate surface area is 189 Å². The first-order valence-corrected chi connectivity index (χ1v) is 10.6. The maximum atomic E-state index is 12.8. The van der Waals surface area contributed by atoms with Crippen LogP contribution in [0.1, 0.15) is 34.5 Å². The Kier molecular flexibility index (Phi) is 5.25. The van der Waals surface area contributed by atoms with Gasteiger partial charge in [-0.25, -0.2) is 4.68 Å². The van der Waals surface area contributed by atoms with Crippen molar-refractivity contribution < 1.29 is 19.1 Å². The molecule has 5 rings (SSSR count). The molecule has 2 N–H and O–H groups in total. The van der Waals surface area contributed by atoms with Crippen molar-refractivity contribution in [1.82, 2.24) is 25.2 Å². The minimum absolute atomic E-state index is 0.206. The zero-order valence-corrected chi connectivity index (χ0v) is 17.9. The molecule has 0 bridgehead atoms. The van der Waals surface area contributed by atoms with Crippen LogP contribution in [0.15, 0.2) is 48.7 Å². The highest BCUT2D eigenvalue weighted by molar-refractivity contribution is 6.05. The summed E-state index contributed by atoms with van der Waals surface area (Å²) in [6, 6.07) is 12.4. The van der Waals surface area contributed by atoms with Gasteiger partial charge in [-0.2, -0.15) is 0 Å². The molecule has 10 heteroatoms. The van der Waals surface area contributed by atoms with Gasteiger partial charge in [0, 0.05) is 31.3 Å². The van der Waals surface area contributed by atoms with Crippen LogP contribution in [-0.2, 0) is 22.7 Å². The van der Waals surface area contributed by atoms with Crippen LogP contribution in [0, 0.1) is 0 Å². The second-order valence-electron chi connectivity index (χ2n) is 7.96. The van der Waals surface area contributed by atoms with Gasteiger partial charge in [-0.3, -0.25) is 19.7 Å². The van der Waals surface area contributed by atoms with Crippen LogP contribution in [0.2, 0.25) is 0 Å². The molecule has 1 unspecified atom stereocenters. The average Bonchev–Trinajstić information content (AvgIpc) is 3.43. The first-order valence-electron chi connectivity index (χ1n) is 10.6. The number of aromatic nitrogens is 3. The number of fused-ring (bicyclic) bond motifs is 1. The highest BCUT2D eigenvalue weighted by atomic mass is 16.5. The summed E-state index contributed by atoms with van der Waals surface area (Å²) in [5, 5.41) is 13.7. The number of hydrogen-bond donors (Lipinski definition) is 2. The lowest BCUT2D eigenvalue weighted by Gasteiger charge is -2.29. The molecule has 1 aromatic heterocycles. The number of rotatable bonds is 6. The van der Waals surface area contributed by atoms with E-state index in [9.17, 15) is 14.4 Å². The average molecular weight is 446 g/mol. The predicted octanol–water partition coefficient (Wildman–Crippen LogP) is 1.65. The number of anilines is 1. The Morgan fingerprint density at radius 2 is 1.97 bits per heavy atom. The molecule has 33 heavy (non-hydrogen) atoms. The number of imide groups is 1. The summed E-state index contributed by atoms with van der Waals surface area (Å²) in [7, 11) is 1.86. The summed E-state index contributed by atoms with van der Waals surface area (Å²) >= 11 is 0. The van der Waals surface area contributed by atoms with E-state index >= 15 is 0 Å². The highest BCUT2D eigenvalue weighted by Gasteiger charge is 2.39. The molecule has 3 aromatic rings. The molecule has 3 heterocycles. The zero-order valence-electron chi connectivity index (χ0n) is 17.9. The van der Waals surface area contributed by atoms with E-state index in [1.807, 2.05) is 37.4 Å². The molecule has 10 nitrogen and oxygen atoms in total. The van der Waals surface area contributed by atoms with Gasteiger partial charge in [0.2, 0.25) is 11.8 Å². The van der Waals surface area contributed by atoms with E-state index in [-0.39, 0.29) is 24.8 Å². The summed E-state index contributed by atoms with van der Waals surface area (Å²) in [6.07, 6.45) is 2.34. The lowest BCUT2D eigenvalue weighted by molar-refractivity contribution is -0.136. The molecule has 0 radical (unpaired) electrons.